The van der Waals surface area contributed by atoms with Crippen molar-refractivity contribution in [3.8, 4) is 27.6 Å². The van der Waals surface area contributed by atoms with Gasteiger partial charge in [-0.2, -0.15) is 0 Å². The first-order valence-electron chi connectivity index (χ1n) is 11.3. The molecule has 0 radical (unpaired) electrons. The predicted octanol–water partition coefficient (Wildman–Crippen LogP) is 6.04. The lowest BCUT2D eigenvalue weighted by molar-refractivity contribution is 0.0696. The summed E-state index contributed by atoms with van der Waals surface area (Å²) in [7, 11) is 1.44. The fourth-order valence-corrected chi connectivity index (χ4v) is 5.25. The molecule has 182 valence electrons. The minimum absolute atomic E-state index is 0.0237. The average Bonchev–Trinajstić information content (AvgIpc) is 3.59. The zero-order valence-corrected chi connectivity index (χ0v) is 20.5. The third kappa shape index (κ3) is 3.68. The van der Waals surface area contributed by atoms with Gasteiger partial charge in [0.05, 0.1) is 29.5 Å². The number of hydrogen-bond donors (Lipinski definition) is 1. The molecule has 3 heterocycles. The van der Waals surface area contributed by atoms with Gasteiger partial charge in [-0.05, 0) is 79.2 Å². The highest BCUT2D eigenvalue weighted by atomic mass is 32.1. The maximum absolute atomic E-state index is 13.2. The standard InChI is InChI=1S/C28H18N2O6S/c1-14-3-10-24(37-14)15-5-8-22-20(12-15)29-25(36-22)16-6-9-23(35-2)21(13-16)30-26(31)18-7-4-17(28(33)34)11-19(18)27(30)32/h3-13H,1-2H3,(H,33,34). The second-order valence-corrected chi connectivity index (χ2v) is 9.80. The van der Waals surface area contributed by atoms with E-state index in [1.807, 2.05) is 18.2 Å². The van der Waals surface area contributed by atoms with Gasteiger partial charge in [0.2, 0.25) is 5.89 Å². The van der Waals surface area contributed by atoms with Gasteiger partial charge in [0.15, 0.2) is 5.58 Å². The number of carbonyl (C=O) groups excluding carboxylic acids is 2. The molecule has 2 amide bonds. The van der Waals surface area contributed by atoms with E-state index >= 15 is 0 Å². The summed E-state index contributed by atoms with van der Waals surface area (Å²) >= 11 is 1.70. The first-order valence-corrected chi connectivity index (χ1v) is 12.1. The van der Waals surface area contributed by atoms with Crippen LogP contribution >= 0.6 is 11.3 Å². The van der Waals surface area contributed by atoms with Gasteiger partial charge in [0.25, 0.3) is 11.8 Å². The monoisotopic (exact) mass is 510 g/mol. The molecule has 3 aromatic carbocycles. The molecule has 1 N–H and O–H groups in total. The van der Waals surface area contributed by atoms with Crippen LogP contribution in [0.4, 0.5) is 5.69 Å². The van der Waals surface area contributed by atoms with Crippen molar-refractivity contribution in [2.45, 2.75) is 6.92 Å². The van der Waals surface area contributed by atoms with Crippen LogP contribution in [0.15, 0.2) is 71.1 Å². The smallest absolute Gasteiger partial charge is 0.335 e. The number of anilines is 1. The molecule has 0 saturated carbocycles. The number of carboxylic acids is 1. The van der Waals surface area contributed by atoms with E-state index in [1.54, 1.807) is 29.5 Å². The van der Waals surface area contributed by atoms with Crippen molar-refractivity contribution in [1.29, 1.82) is 0 Å². The lowest BCUT2D eigenvalue weighted by Crippen LogP contribution is -2.29. The summed E-state index contributed by atoms with van der Waals surface area (Å²) < 4.78 is 11.4. The topological polar surface area (TPSA) is 110 Å². The van der Waals surface area contributed by atoms with E-state index in [2.05, 4.69) is 24.0 Å². The zero-order valence-electron chi connectivity index (χ0n) is 19.6. The number of carboxylic acid groups (broad SMARTS) is 1. The Morgan fingerprint density at radius 3 is 2.46 bits per heavy atom. The summed E-state index contributed by atoms with van der Waals surface area (Å²) in [6.45, 7) is 2.06. The van der Waals surface area contributed by atoms with Gasteiger partial charge >= 0.3 is 5.97 Å². The Balaban J connectivity index is 1.41. The van der Waals surface area contributed by atoms with E-state index in [9.17, 15) is 19.5 Å². The van der Waals surface area contributed by atoms with Crippen molar-refractivity contribution in [2.75, 3.05) is 12.0 Å². The Bertz CT molecular complexity index is 1770. The highest BCUT2D eigenvalue weighted by Gasteiger charge is 2.39. The number of methoxy groups -OCH3 is 1. The van der Waals surface area contributed by atoms with Crippen molar-refractivity contribution < 1.29 is 28.6 Å². The van der Waals surface area contributed by atoms with Crippen LogP contribution < -0.4 is 9.64 Å². The van der Waals surface area contributed by atoms with Crippen LogP contribution in [-0.4, -0.2) is 35.0 Å². The van der Waals surface area contributed by atoms with Gasteiger partial charge in [0, 0.05) is 15.3 Å². The minimum atomic E-state index is -1.19. The SMILES string of the molecule is COc1ccc(-c2nc3cc(-c4ccc(C)s4)ccc3o2)cc1N1C(=O)c2ccc(C(=O)O)cc2C1=O. The summed E-state index contributed by atoms with van der Waals surface area (Å²) in [5, 5.41) is 9.29. The molecule has 8 nitrogen and oxygen atoms in total. The van der Waals surface area contributed by atoms with Gasteiger partial charge < -0.3 is 14.3 Å². The molecule has 1 aliphatic rings. The number of carbonyl (C=O) groups is 3. The average molecular weight is 511 g/mol. The zero-order chi connectivity index (χ0) is 25.8. The number of nitrogens with zero attached hydrogens (tertiary/aromatic N) is 2. The van der Waals surface area contributed by atoms with Gasteiger partial charge in [-0.3, -0.25) is 9.59 Å². The number of fused-ring (bicyclic) bond motifs is 2. The summed E-state index contributed by atoms with van der Waals surface area (Å²) in [6.07, 6.45) is 0. The lowest BCUT2D eigenvalue weighted by Gasteiger charge is -2.18. The molecule has 2 aromatic heterocycles. The number of ether oxygens (including phenoxy) is 1. The number of aromatic nitrogens is 1. The van der Waals surface area contributed by atoms with Gasteiger partial charge in [0.1, 0.15) is 11.3 Å². The number of thiophene rings is 1. The molecule has 0 unspecified atom stereocenters. The molecule has 6 rings (SSSR count). The molecular formula is C28H18N2O6S. The first kappa shape index (κ1) is 22.7. The molecule has 0 spiro atoms. The molecular weight excluding hydrogens is 492 g/mol. The Hall–Kier alpha value is -4.76. The number of hydrogen-bond acceptors (Lipinski definition) is 7. The Kier molecular flexibility index (Phi) is 5.16. The van der Waals surface area contributed by atoms with Crippen LogP contribution in [0.1, 0.15) is 36.0 Å². The van der Waals surface area contributed by atoms with Crippen LogP contribution in [0.25, 0.3) is 33.0 Å². The summed E-state index contributed by atoms with van der Waals surface area (Å²) in [5.74, 6) is -1.77. The second kappa shape index (κ2) is 8.42. The molecule has 0 fully saturated rings. The third-order valence-corrected chi connectivity index (χ3v) is 7.26. The fraction of sp³-hybridized carbons (Fsp3) is 0.0714. The van der Waals surface area contributed by atoms with Crippen molar-refractivity contribution in [2.24, 2.45) is 0 Å². The molecule has 37 heavy (non-hydrogen) atoms. The largest absolute Gasteiger partial charge is 0.495 e. The van der Waals surface area contributed by atoms with E-state index in [1.165, 1.54) is 30.2 Å². The van der Waals surface area contributed by atoms with E-state index in [-0.39, 0.29) is 22.4 Å². The van der Waals surface area contributed by atoms with E-state index in [4.69, 9.17) is 9.15 Å². The molecule has 0 saturated heterocycles. The molecule has 1 aliphatic heterocycles. The predicted molar refractivity (Wildman–Crippen MR) is 139 cm³/mol. The van der Waals surface area contributed by atoms with Crippen LogP contribution in [0.3, 0.4) is 0 Å². The molecule has 0 atom stereocenters. The number of amides is 2. The van der Waals surface area contributed by atoms with Crippen LogP contribution in [0, 0.1) is 6.92 Å². The molecule has 0 bridgehead atoms. The van der Waals surface area contributed by atoms with Crippen LogP contribution in [0.2, 0.25) is 0 Å². The highest BCUT2D eigenvalue weighted by molar-refractivity contribution is 7.15. The van der Waals surface area contributed by atoms with Gasteiger partial charge in [-0.1, -0.05) is 0 Å². The Morgan fingerprint density at radius 2 is 1.73 bits per heavy atom. The minimum Gasteiger partial charge on any atom is -0.495 e. The molecule has 5 aromatic rings. The van der Waals surface area contributed by atoms with Crippen LogP contribution in [-0.2, 0) is 0 Å². The highest BCUT2D eigenvalue weighted by Crippen LogP contribution is 2.39. The van der Waals surface area contributed by atoms with Crippen LogP contribution in [0.5, 0.6) is 5.75 Å². The normalized spacial score (nSPS) is 12.9. The Labute approximate surface area is 214 Å². The number of oxazole rings is 1. The number of benzene rings is 3. The molecule has 0 aliphatic carbocycles. The Morgan fingerprint density at radius 1 is 0.946 bits per heavy atom. The van der Waals surface area contributed by atoms with Crippen molar-refractivity contribution in [3.05, 3.63) is 88.3 Å². The quantitative estimate of drug-likeness (QED) is 0.287. The lowest BCUT2D eigenvalue weighted by atomic mass is 10.1. The van der Waals surface area contributed by atoms with Crippen molar-refractivity contribution in [1.82, 2.24) is 4.98 Å². The summed E-state index contributed by atoms with van der Waals surface area (Å²) in [5.41, 5.74) is 3.14. The van der Waals surface area contributed by atoms with Crippen molar-refractivity contribution in [3.63, 3.8) is 0 Å². The van der Waals surface area contributed by atoms with Gasteiger partial charge in [-0.15, -0.1) is 11.3 Å². The summed E-state index contributed by atoms with van der Waals surface area (Å²) in [4.78, 5) is 45.8. The third-order valence-electron chi connectivity index (χ3n) is 6.21. The summed E-state index contributed by atoms with van der Waals surface area (Å²) in [6, 6.07) is 18.8. The number of rotatable bonds is 5. The number of aryl methyl sites for hydroxylation is 1. The van der Waals surface area contributed by atoms with E-state index in [0.717, 1.165) is 15.3 Å². The maximum atomic E-state index is 13.2. The van der Waals surface area contributed by atoms with Gasteiger partial charge in [-0.25, -0.2) is 14.7 Å². The number of aromatic carboxylic acids is 1. The molecule has 9 heteroatoms. The van der Waals surface area contributed by atoms with E-state index < -0.39 is 17.8 Å². The number of imide groups is 1. The second-order valence-electron chi connectivity index (χ2n) is 8.51. The fourth-order valence-electron chi connectivity index (χ4n) is 4.38. The maximum Gasteiger partial charge on any atom is 0.335 e. The first-order chi connectivity index (χ1) is 17.8. The van der Waals surface area contributed by atoms with E-state index in [0.29, 0.717) is 28.3 Å². The van der Waals surface area contributed by atoms with Crippen molar-refractivity contribution >= 4 is 45.9 Å².